The Kier molecular flexibility index (Phi) is 4.29. The second-order valence-corrected chi connectivity index (χ2v) is 5.04. The van der Waals surface area contributed by atoms with E-state index in [4.69, 9.17) is 4.74 Å². The van der Waals surface area contributed by atoms with Gasteiger partial charge < -0.3 is 9.47 Å². The number of alkyl halides is 2. The van der Waals surface area contributed by atoms with E-state index in [1.54, 1.807) is 43.5 Å². The molecule has 3 aromatic carbocycles. The van der Waals surface area contributed by atoms with Crippen molar-refractivity contribution in [3.05, 3.63) is 60.2 Å². The number of hydrogen-bond acceptors (Lipinski definition) is 2. The lowest BCUT2D eigenvalue weighted by Gasteiger charge is -2.11. The molecule has 6 heteroatoms. The Hall–Kier alpha value is -2.76. The molecule has 0 heterocycles. The third-order valence-electron chi connectivity index (χ3n) is 3.62. The maximum atomic E-state index is 14.2. The van der Waals surface area contributed by atoms with Crippen molar-refractivity contribution in [3.8, 4) is 22.6 Å². The van der Waals surface area contributed by atoms with Crippen LogP contribution < -0.4 is 9.47 Å². The largest absolute Gasteiger partial charge is 0.497 e. The van der Waals surface area contributed by atoms with Gasteiger partial charge in [0.05, 0.1) is 7.11 Å². The molecule has 3 rings (SSSR count). The minimum absolute atomic E-state index is 0.00399. The van der Waals surface area contributed by atoms with Gasteiger partial charge in [-0.25, -0.2) is 8.78 Å². The van der Waals surface area contributed by atoms with Crippen molar-refractivity contribution in [1.29, 1.82) is 0 Å². The first-order valence-electron chi connectivity index (χ1n) is 7.00. The fourth-order valence-corrected chi connectivity index (χ4v) is 2.47. The van der Waals surface area contributed by atoms with E-state index in [1.165, 1.54) is 6.07 Å². The molecular weight excluding hydrogens is 324 g/mol. The van der Waals surface area contributed by atoms with Gasteiger partial charge in [-0.2, -0.15) is 8.78 Å². The van der Waals surface area contributed by atoms with Crippen molar-refractivity contribution in [1.82, 2.24) is 0 Å². The van der Waals surface area contributed by atoms with Gasteiger partial charge in [0.2, 0.25) is 0 Å². The summed E-state index contributed by atoms with van der Waals surface area (Å²) in [6.45, 7) is -3.30. The van der Waals surface area contributed by atoms with Crippen molar-refractivity contribution in [2.75, 3.05) is 7.11 Å². The quantitative estimate of drug-likeness (QED) is 0.594. The summed E-state index contributed by atoms with van der Waals surface area (Å²) in [7, 11) is 1.55. The van der Waals surface area contributed by atoms with E-state index in [1.807, 2.05) is 0 Å². The topological polar surface area (TPSA) is 18.5 Å². The number of halogens is 4. The first-order valence-corrected chi connectivity index (χ1v) is 7.00. The summed E-state index contributed by atoms with van der Waals surface area (Å²) in [5.41, 5.74) is 1.55. The van der Waals surface area contributed by atoms with Crippen LogP contribution in [-0.4, -0.2) is 13.7 Å². The first-order chi connectivity index (χ1) is 11.5. The maximum absolute atomic E-state index is 14.2. The van der Waals surface area contributed by atoms with Gasteiger partial charge in [-0.3, -0.25) is 0 Å². The molecule has 0 aromatic heterocycles. The zero-order valence-corrected chi connectivity index (χ0v) is 12.5. The van der Waals surface area contributed by atoms with Gasteiger partial charge >= 0.3 is 6.61 Å². The smallest absolute Gasteiger partial charge is 0.387 e. The van der Waals surface area contributed by atoms with E-state index in [-0.39, 0.29) is 10.8 Å². The lowest BCUT2D eigenvalue weighted by Crippen LogP contribution is -2.06. The number of hydrogen-bond donors (Lipinski definition) is 0. The van der Waals surface area contributed by atoms with E-state index >= 15 is 0 Å². The summed E-state index contributed by atoms with van der Waals surface area (Å²) < 4.78 is 61.6. The van der Waals surface area contributed by atoms with E-state index in [2.05, 4.69) is 4.74 Å². The fraction of sp³-hybridized carbons (Fsp3) is 0.111. The van der Waals surface area contributed by atoms with E-state index in [0.717, 1.165) is 17.2 Å². The zero-order valence-electron chi connectivity index (χ0n) is 12.5. The molecule has 0 amide bonds. The van der Waals surface area contributed by atoms with Crippen LogP contribution in [0.2, 0.25) is 0 Å². The molecule has 0 aliphatic carbocycles. The maximum Gasteiger partial charge on any atom is 0.387 e. The Morgan fingerprint density at radius 3 is 2.17 bits per heavy atom. The minimum Gasteiger partial charge on any atom is -0.497 e. The van der Waals surface area contributed by atoms with Gasteiger partial charge in [0.1, 0.15) is 5.75 Å². The standard InChI is InChI=1S/C18H12F4O2/c1-23-13-5-2-10(3-6-13)11-4-7-14-12(8-11)9-15(19)17(16(14)20)24-18(21)22/h2-9,18H,1H3. The zero-order chi connectivity index (χ0) is 17.3. The van der Waals surface area contributed by atoms with E-state index in [9.17, 15) is 17.6 Å². The number of rotatable bonds is 4. The van der Waals surface area contributed by atoms with Crippen LogP contribution in [0.25, 0.3) is 21.9 Å². The summed E-state index contributed by atoms with van der Waals surface area (Å²) >= 11 is 0. The van der Waals surface area contributed by atoms with Gasteiger partial charge in [0.15, 0.2) is 17.4 Å². The van der Waals surface area contributed by atoms with Crippen LogP contribution in [0, 0.1) is 11.6 Å². The number of benzene rings is 3. The average Bonchev–Trinajstić information content (AvgIpc) is 2.58. The van der Waals surface area contributed by atoms with E-state index < -0.39 is 24.0 Å². The number of fused-ring (bicyclic) bond motifs is 1. The molecular formula is C18H12F4O2. The summed E-state index contributed by atoms with van der Waals surface area (Å²) in [5.74, 6) is -2.71. The lowest BCUT2D eigenvalue weighted by molar-refractivity contribution is -0.0544. The van der Waals surface area contributed by atoms with Gasteiger partial charge in [-0.05, 0) is 40.8 Å². The second kappa shape index (κ2) is 6.39. The third-order valence-corrected chi connectivity index (χ3v) is 3.62. The molecule has 124 valence electrons. The fourth-order valence-electron chi connectivity index (χ4n) is 2.47. The number of ether oxygens (including phenoxy) is 2. The molecule has 0 saturated heterocycles. The van der Waals surface area contributed by atoms with Crippen molar-refractivity contribution in [2.24, 2.45) is 0 Å². The molecule has 24 heavy (non-hydrogen) atoms. The Bertz CT molecular complexity index is 876. The van der Waals surface area contributed by atoms with Gasteiger partial charge in [-0.1, -0.05) is 24.3 Å². The van der Waals surface area contributed by atoms with Crippen molar-refractivity contribution >= 4 is 10.8 Å². The molecule has 0 spiro atoms. The van der Waals surface area contributed by atoms with Gasteiger partial charge in [0, 0.05) is 5.39 Å². The normalized spacial score (nSPS) is 11.1. The molecule has 0 atom stereocenters. The highest BCUT2D eigenvalue weighted by atomic mass is 19.3. The molecule has 0 fully saturated rings. The molecule has 0 bridgehead atoms. The third kappa shape index (κ3) is 2.99. The van der Waals surface area contributed by atoms with Crippen LogP contribution in [-0.2, 0) is 0 Å². The van der Waals surface area contributed by atoms with Gasteiger partial charge in [0.25, 0.3) is 0 Å². The summed E-state index contributed by atoms with van der Waals surface area (Å²) in [5, 5.41) is 0.254. The summed E-state index contributed by atoms with van der Waals surface area (Å²) in [6.07, 6.45) is 0. The molecule has 0 unspecified atom stereocenters. The Morgan fingerprint density at radius 2 is 1.54 bits per heavy atom. The highest BCUT2D eigenvalue weighted by Gasteiger charge is 2.19. The average molecular weight is 336 g/mol. The predicted molar refractivity (Wildman–Crippen MR) is 82.5 cm³/mol. The number of methoxy groups -OCH3 is 1. The molecule has 2 nitrogen and oxygen atoms in total. The first kappa shape index (κ1) is 16.1. The second-order valence-electron chi connectivity index (χ2n) is 5.04. The molecule has 0 aliphatic heterocycles. The highest BCUT2D eigenvalue weighted by molar-refractivity contribution is 5.89. The van der Waals surface area contributed by atoms with Crippen LogP contribution >= 0.6 is 0 Å². The minimum atomic E-state index is -3.30. The van der Waals surface area contributed by atoms with Crippen LogP contribution in [0.5, 0.6) is 11.5 Å². The predicted octanol–water partition coefficient (Wildman–Crippen LogP) is 5.40. The van der Waals surface area contributed by atoms with Crippen LogP contribution in [0.1, 0.15) is 0 Å². The van der Waals surface area contributed by atoms with Crippen LogP contribution in [0.15, 0.2) is 48.5 Å². The van der Waals surface area contributed by atoms with E-state index in [0.29, 0.717) is 5.75 Å². The Morgan fingerprint density at radius 1 is 0.875 bits per heavy atom. The van der Waals surface area contributed by atoms with Crippen LogP contribution in [0.4, 0.5) is 17.6 Å². The molecule has 0 radical (unpaired) electrons. The Labute approximate surface area is 135 Å². The SMILES string of the molecule is COc1ccc(-c2ccc3c(F)c(OC(F)F)c(F)cc3c2)cc1. The monoisotopic (exact) mass is 336 g/mol. The molecule has 0 saturated carbocycles. The van der Waals surface area contributed by atoms with Gasteiger partial charge in [-0.15, -0.1) is 0 Å². The Balaban J connectivity index is 2.08. The lowest BCUT2D eigenvalue weighted by atomic mass is 10.0. The van der Waals surface area contributed by atoms with Crippen molar-refractivity contribution in [3.63, 3.8) is 0 Å². The summed E-state index contributed by atoms with van der Waals surface area (Å²) in [6, 6.07) is 12.7. The van der Waals surface area contributed by atoms with Crippen molar-refractivity contribution in [2.45, 2.75) is 6.61 Å². The van der Waals surface area contributed by atoms with Crippen LogP contribution in [0.3, 0.4) is 0 Å². The highest BCUT2D eigenvalue weighted by Crippen LogP contribution is 2.33. The van der Waals surface area contributed by atoms with Crippen molar-refractivity contribution < 1.29 is 27.0 Å². The molecule has 0 aliphatic rings. The molecule has 0 N–H and O–H groups in total. The summed E-state index contributed by atoms with van der Waals surface area (Å²) in [4.78, 5) is 0. The molecule has 3 aromatic rings.